The van der Waals surface area contributed by atoms with Crippen molar-refractivity contribution in [1.29, 1.82) is 0 Å². The molecule has 0 aliphatic heterocycles. The van der Waals surface area contributed by atoms with Crippen LogP contribution in [0.1, 0.15) is 41.2 Å². The van der Waals surface area contributed by atoms with Crippen LogP contribution in [-0.4, -0.2) is 26.4 Å². The summed E-state index contributed by atoms with van der Waals surface area (Å²) < 4.78 is 15.4. The van der Waals surface area contributed by atoms with E-state index in [0.29, 0.717) is 18.7 Å². The summed E-state index contributed by atoms with van der Waals surface area (Å²) in [7, 11) is 0. The molecule has 1 amide bonds. The minimum atomic E-state index is -0.257. The summed E-state index contributed by atoms with van der Waals surface area (Å²) in [6, 6.07) is 14.1. The molecule has 0 unspecified atom stereocenters. The Bertz CT molecular complexity index is 915. The van der Waals surface area contributed by atoms with Gasteiger partial charge in [-0.3, -0.25) is 4.79 Å². The third kappa shape index (κ3) is 4.61. The summed E-state index contributed by atoms with van der Waals surface area (Å²) in [6.45, 7) is 6.89. The van der Waals surface area contributed by atoms with Crippen molar-refractivity contribution < 1.29 is 9.18 Å². The number of hydrogen-bond donors (Lipinski definition) is 0. The molecule has 0 bridgehead atoms. The van der Waals surface area contributed by atoms with Crippen LogP contribution in [0.25, 0.3) is 0 Å². The van der Waals surface area contributed by atoms with Crippen LogP contribution in [0.3, 0.4) is 0 Å². The van der Waals surface area contributed by atoms with E-state index in [1.165, 1.54) is 12.1 Å². The van der Waals surface area contributed by atoms with E-state index in [1.807, 2.05) is 61.9 Å². The van der Waals surface area contributed by atoms with Crippen molar-refractivity contribution in [2.75, 3.05) is 0 Å². The number of hydrogen-bond acceptors (Lipinski definition) is 2. The average molecular weight is 365 g/mol. The fourth-order valence-electron chi connectivity index (χ4n) is 2.97. The third-order valence-corrected chi connectivity index (χ3v) is 4.54. The van der Waals surface area contributed by atoms with Gasteiger partial charge in [0.05, 0.1) is 6.54 Å². The Morgan fingerprint density at radius 1 is 1.19 bits per heavy atom. The molecule has 2 aromatic carbocycles. The van der Waals surface area contributed by atoms with Gasteiger partial charge in [-0.2, -0.15) is 0 Å². The van der Waals surface area contributed by atoms with Gasteiger partial charge >= 0.3 is 0 Å². The van der Waals surface area contributed by atoms with E-state index < -0.39 is 0 Å². The van der Waals surface area contributed by atoms with Crippen LogP contribution < -0.4 is 0 Å². The normalized spacial score (nSPS) is 11.0. The van der Waals surface area contributed by atoms with Gasteiger partial charge in [0.1, 0.15) is 11.6 Å². The van der Waals surface area contributed by atoms with Crippen LogP contribution in [-0.2, 0) is 13.1 Å². The SMILES string of the molecule is Cc1ccc(C(=O)N(Cc2nccn2Cc2cccc(F)c2)C(C)C)cc1. The molecule has 0 N–H and O–H groups in total. The summed E-state index contributed by atoms with van der Waals surface area (Å²) in [5.41, 5.74) is 2.64. The lowest BCUT2D eigenvalue weighted by atomic mass is 10.1. The maximum absolute atomic E-state index is 13.5. The maximum atomic E-state index is 13.5. The summed E-state index contributed by atoms with van der Waals surface area (Å²) in [4.78, 5) is 19.2. The summed E-state index contributed by atoms with van der Waals surface area (Å²) in [6.07, 6.45) is 3.57. The average Bonchev–Trinajstić information content (AvgIpc) is 3.06. The molecule has 0 aliphatic carbocycles. The topological polar surface area (TPSA) is 38.1 Å². The third-order valence-electron chi connectivity index (χ3n) is 4.54. The first-order chi connectivity index (χ1) is 12.9. The van der Waals surface area contributed by atoms with Crippen molar-refractivity contribution in [2.24, 2.45) is 0 Å². The Kier molecular flexibility index (Phi) is 5.69. The summed E-state index contributed by atoms with van der Waals surface area (Å²) in [5.74, 6) is 0.492. The number of benzene rings is 2. The molecule has 4 nitrogen and oxygen atoms in total. The molecule has 0 saturated heterocycles. The molecule has 27 heavy (non-hydrogen) atoms. The molecular formula is C22H24FN3O. The van der Waals surface area contributed by atoms with Crippen LogP contribution >= 0.6 is 0 Å². The van der Waals surface area contributed by atoms with Crippen molar-refractivity contribution in [3.8, 4) is 0 Å². The highest BCUT2D eigenvalue weighted by molar-refractivity contribution is 5.94. The highest BCUT2D eigenvalue weighted by Gasteiger charge is 2.21. The zero-order valence-electron chi connectivity index (χ0n) is 15.9. The van der Waals surface area contributed by atoms with Crippen LogP contribution in [0.5, 0.6) is 0 Å². The lowest BCUT2D eigenvalue weighted by Crippen LogP contribution is -2.37. The molecule has 5 heteroatoms. The van der Waals surface area contributed by atoms with Crippen molar-refractivity contribution in [3.05, 3.63) is 89.3 Å². The Labute approximate surface area is 159 Å². The van der Waals surface area contributed by atoms with E-state index in [2.05, 4.69) is 4.98 Å². The van der Waals surface area contributed by atoms with E-state index in [9.17, 15) is 9.18 Å². The monoisotopic (exact) mass is 365 g/mol. The van der Waals surface area contributed by atoms with Crippen molar-refractivity contribution in [3.63, 3.8) is 0 Å². The molecule has 140 valence electrons. The number of aromatic nitrogens is 2. The molecule has 0 spiro atoms. The van der Waals surface area contributed by atoms with Crippen LogP contribution in [0, 0.1) is 12.7 Å². The second-order valence-corrected chi connectivity index (χ2v) is 6.99. The Morgan fingerprint density at radius 3 is 2.59 bits per heavy atom. The van der Waals surface area contributed by atoms with E-state index in [0.717, 1.165) is 17.0 Å². The molecule has 1 heterocycles. The fraction of sp³-hybridized carbons (Fsp3) is 0.273. The van der Waals surface area contributed by atoms with Crippen LogP contribution in [0.2, 0.25) is 0 Å². The highest BCUT2D eigenvalue weighted by Crippen LogP contribution is 2.15. The number of amides is 1. The van der Waals surface area contributed by atoms with E-state index in [1.54, 1.807) is 17.2 Å². The Balaban J connectivity index is 1.80. The predicted molar refractivity (Wildman–Crippen MR) is 104 cm³/mol. The molecule has 0 atom stereocenters. The molecule has 3 aromatic rings. The number of carbonyl (C=O) groups is 1. The van der Waals surface area contributed by atoms with Crippen molar-refractivity contribution in [2.45, 2.75) is 39.9 Å². The Morgan fingerprint density at radius 2 is 1.93 bits per heavy atom. The van der Waals surface area contributed by atoms with Gasteiger partial charge in [0.15, 0.2) is 0 Å². The van der Waals surface area contributed by atoms with E-state index >= 15 is 0 Å². The first-order valence-electron chi connectivity index (χ1n) is 9.06. The first-order valence-corrected chi connectivity index (χ1v) is 9.06. The van der Waals surface area contributed by atoms with Gasteiger partial charge in [-0.05, 0) is 50.6 Å². The molecule has 0 aliphatic rings. The lowest BCUT2D eigenvalue weighted by Gasteiger charge is -2.27. The molecule has 1 aromatic heterocycles. The number of rotatable bonds is 6. The molecule has 0 fully saturated rings. The van der Waals surface area contributed by atoms with Gasteiger partial charge in [0, 0.05) is 30.5 Å². The lowest BCUT2D eigenvalue weighted by molar-refractivity contribution is 0.0683. The van der Waals surface area contributed by atoms with E-state index in [4.69, 9.17) is 0 Å². The van der Waals surface area contributed by atoms with Crippen LogP contribution in [0.4, 0.5) is 4.39 Å². The van der Waals surface area contributed by atoms with Gasteiger partial charge in [0.25, 0.3) is 5.91 Å². The molecular weight excluding hydrogens is 341 g/mol. The zero-order chi connectivity index (χ0) is 19.4. The number of imidazole rings is 1. The van der Waals surface area contributed by atoms with Gasteiger partial charge in [0.2, 0.25) is 0 Å². The van der Waals surface area contributed by atoms with Crippen molar-refractivity contribution >= 4 is 5.91 Å². The largest absolute Gasteiger partial charge is 0.329 e. The summed E-state index contributed by atoms with van der Waals surface area (Å²) >= 11 is 0. The van der Waals surface area contributed by atoms with Gasteiger partial charge in [-0.1, -0.05) is 29.8 Å². The number of carbonyl (C=O) groups excluding carboxylic acids is 1. The van der Waals surface area contributed by atoms with Gasteiger partial charge in [-0.15, -0.1) is 0 Å². The smallest absolute Gasteiger partial charge is 0.254 e. The minimum absolute atomic E-state index is 0.0229. The number of halogens is 1. The number of nitrogens with zero attached hydrogens (tertiary/aromatic N) is 3. The molecule has 0 radical (unpaired) electrons. The first kappa shape index (κ1) is 18.8. The molecule has 0 saturated carbocycles. The predicted octanol–water partition coefficient (Wildman–Crippen LogP) is 4.43. The standard InChI is InChI=1S/C22H24FN3O/c1-16(2)26(22(27)19-9-7-17(3)8-10-19)15-21-24-11-12-25(21)14-18-5-4-6-20(23)13-18/h4-13,16H,14-15H2,1-3H3. The van der Waals surface area contributed by atoms with Crippen LogP contribution in [0.15, 0.2) is 60.9 Å². The second-order valence-electron chi connectivity index (χ2n) is 6.99. The molecule has 3 rings (SSSR count). The summed E-state index contributed by atoms with van der Waals surface area (Å²) in [5, 5.41) is 0. The van der Waals surface area contributed by atoms with E-state index in [-0.39, 0.29) is 17.8 Å². The number of aryl methyl sites for hydroxylation is 1. The van der Waals surface area contributed by atoms with Gasteiger partial charge in [-0.25, -0.2) is 9.37 Å². The zero-order valence-corrected chi connectivity index (χ0v) is 15.9. The minimum Gasteiger partial charge on any atom is -0.329 e. The quantitative estimate of drug-likeness (QED) is 0.648. The second kappa shape index (κ2) is 8.16. The fourth-order valence-corrected chi connectivity index (χ4v) is 2.97. The maximum Gasteiger partial charge on any atom is 0.254 e. The van der Waals surface area contributed by atoms with Gasteiger partial charge < -0.3 is 9.47 Å². The Hall–Kier alpha value is -2.95. The highest BCUT2D eigenvalue weighted by atomic mass is 19.1. The van der Waals surface area contributed by atoms with Crippen molar-refractivity contribution in [1.82, 2.24) is 14.5 Å².